The van der Waals surface area contributed by atoms with E-state index in [-0.39, 0.29) is 11.5 Å². The fourth-order valence-electron chi connectivity index (χ4n) is 3.42. The molecule has 25 heavy (non-hydrogen) atoms. The average Bonchev–Trinajstić information content (AvgIpc) is 2.54. The van der Waals surface area contributed by atoms with E-state index < -0.39 is 14.6 Å². The van der Waals surface area contributed by atoms with Crippen LogP contribution in [0.4, 0.5) is 0 Å². The van der Waals surface area contributed by atoms with E-state index in [9.17, 15) is 13.2 Å². The van der Waals surface area contributed by atoms with Crippen LogP contribution in [-0.2, 0) is 33.9 Å². The van der Waals surface area contributed by atoms with Gasteiger partial charge in [-0.3, -0.25) is 4.79 Å². The standard InChI is InChI=1S/C21H32O3S/c1-21(2,3)25(23,24)15-8-4-5-13-19(22)16-18-12-9-11-17-10-6-7-14-20(17)18/h9,11-12H,4-8,10,13-16H2,1-3H3. The summed E-state index contributed by atoms with van der Waals surface area (Å²) in [6.45, 7) is 5.23. The van der Waals surface area contributed by atoms with Gasteiger partial charge in [-0.05, 0) is 76.0 Å². The number of unbranched alkanes of at least 4 members (excludes halogenated alkanes) is 2. The van der Waals surface area contributed by atoms with Crippen molar-refractivity contribution in [3.05, 3.63) is 34.9 Å². The summed E-state index contributed by atoms with van der Waals surface area (Å²) in [6, 6.07) is 6.36. The lowest BCUT2D eigenvalue weighted by Crippen LogP contribution is -2.30. The molecule has 0 N–H and O–H groups in total. The number of aryl methyl sites for hydroxylation is 1. The highest BCUT2D eigenvalue weighted by atomic mass is 32.2. The molecule has 1 aliphatic rings. The lowest BCUT2D eigenvalue weighted by molar-refractivity contribution is -0.118. The molecule has 1 aromatic rings. The summed E-state index contributed by atoms with van der Waals surface area (Å²) in [5.74, 6) is 0.495. The molecule has 0 amide bonds. The molecule has 2 rings (SSSR count). The van der Waals surface area contributed by atoms with Crippen LogP contribution in [0.2, 0.25) is 0 Å². The van der Waals surface area contributed by atoms with Crippen molar-refractivity contribution in [3.63, 3.8) is 0 Å². The van der Waals surface area contributed by atoms with E-state index in [1.807, 2.05) is 0 Å². The molecular formula is C21H32O3S. The van der Waals surface area contributed by atoms with Crippen LogP contribution in [0, 0.1) is 0 Å². The fourth-order valence-corrected chi connectivity index (χ4v) is 4.62. The van der Waals surface area contributed by atoms with Crippen molar-refractivity contribution in [2.24, 2.45) is 0 Å². The smallest absolute Gasteiger partial charge is 0.155 e. The van der Waals surface area contributed by atoms with Crippen molar-refractivity contribution in [3.8, 4) is 0 Å². The van der Waals surface area contributed by atoms with Gasteiger partial charge in [-0.15, -0.1) is 0 Å². The Morgan fingerprint density at radius 1 is 1.04 bits per heavy atom. The number of benzene rings is 1. The zero-order valence-corrected chi connectivity index (χ0v) is 16.8. The number of carbonyl (C=O) groups excluding carboxylic acids is 1. The first-order valence-corrected chi connectivity index (χ1v) is 11.2. The van der Waals surface area contributed by atoms with Crippen LogP contribution in [0.25, 0.3) is 0 Å². The minimum Gasteiger partial charge on any atom is -0.299 e. The summed E-state index contributed by atoms with van der Waals surface area (Å²) in [7, 11) is -3.04. The Labute approximate surface area is 153 Å². The van der Waals surface area contributed by atoms with Gasteiger partial charge >= 0.3 is 0 Å². The molecule has 0 bridgehead atoms. The van der Waals surface area contributed by atoms with E-state index in [1.165, 1.54) is 29.5 Å². The molecule has 0 aliphatic heterocycles. The van der Waals surface area contributed by atoms with E-state index in [4.69, 9.17) is 0 Å². The topological polar surface area (TPSA) is 51.2 Å². The summed E-state index contributed by atoms with van der Waals surface area (Å²) >= 11 is 0. The molecule has 1 aromatic carbocycles. The summed E-state index contributed by atoms with van der Waals surface area (Å²) in [5, 5.41) is 0. The number of rotatable bonds is 8. The maximum absolute atomic E-state index is 12.3. The molecule has 0 radical (unpaired) electrons. The fraction of sp³-hybridized carbons (Fsp3) is 0.667. The van der Waals surface area contributed by atoms with Crippen LogP contribution in [0.15, 0.2) is 18.2 Å². The molecule has 3 nitrogen and oxygen atoms in total. The van der Waals surface area contributed by atoms with Gasteiger partial charge in [-0.25, -0.2) is 8.42 Å². The van der Waals surface area contributed by atoms with Gasteiger partial charge in [0.1, 0.15) is 5.78 Å². The summed E-state index contributed by atoms with van der Waals surface area (Å²) < 4.78 is 23.4. The zero-order valence-electron chi connectivity index (χ0n) is 15.9. The lowest BCUT2D eigenvalue weighted by Gasteiger charge is -2.19. The van der Waals surface area contributed by atoms with Gasteiger partial charge in [0.25, 0.3) is 0 Å². The molecule has 0 unspecified atom stereocenters. The summed E-state index contributed by atoms with van der Waals surface area (Å²) in [5.41, 5.74) is 4.03. The molecule has 0 heterocycles. The monoisotopic (exact) mass is 364 g/mol. The number of hydrogen-bond acceptors (Lipinski definition) is 3. The molecule has 0 spiro atoms. The van der Waals surface area contributed by atoms with E-state index in [0.717, 1.165) is 25.7 Å². The first-order chi connectivity index (χ1) is 11.7. The number of Topliss-reactive ketones (excluding diaryl/α,β-unsaturated/α-hetero) is 1. The quantitative estimate of drug-likeness (QED) is 0.640. The molecule has 1 aliphatic carbocycles. The van der Waals surface area contributed by atoms with Gasteiger partial charge in [-0.1, -0.05) is 24.6 Å². The Balaban J connectivity index is 1.75. The van der Waals surface area contributed by atoms with E-state index in [1.54, 1.807) is 20.8 Å². The van der Waals surface area contributed by atoms with E-state index in [2.05, 4.69) is 18.2 Å². The van der Waals surface area contributed by atoms with Crippen LogP contribution in [0.3, 0.4) is 0 Å². The number of sulfone groups is 1. The maximum Gasteiger partial charge on any atom is 0.155 e. The van der Waals surface area contributed by atoms with Crippen molar-refractivity contribution >= 4 is 15.6 Å². The molecular weight excluding hydrogens is 332 g/mol. The molecule has 0 saturated carbocycles. The summed E-state index contributed by atoms with van der Waals surface area (Å²) in [4.78, 5) is 12.3. The second-order valence-electron chi connectivity index (χ2n) is 8.22. The number of ketones is 1. The first-order valence-electron chi connectivity index (χ1n) is 9.54. The van der Waals surface area contributed by atoms with Crippen molar-refractivity contribution in [2.45, 2.75) is 83.3 Å². The van der Waals surface area contributed by atoms with E-state index in [0.29, 0.717) is 19.3 Å². The predicted molar refractivity (Wildman–Crippen MR) is 104 cm³/mol. The molecule has 0 atom stereocenters. The molecule has 0 fully saturated rings. The third-order valence-electron chi connectivity index (χ3n) is 5.18. The number of hydrogen-bond donors (Lipinski definition) is 0. The SMILES string of the molecule is CC(C)(C)S(=O)(=O)CCCCCC(=O)Cc1cccc2c1CCCC2. The first kappa shape index (κ1) is 20.2. The molecule has 4 heteroatoms. The van der Waals surface area contributed by atoms with Gasteiger partial charge in [0.2, 0.25) is 0 Å². The molecule has 0 aromatic heterocycles. The third kappa shape index (κ3) is 5.67. The van der Waals surface area contributed by atoms with Crippen molar-refractivity contribution in [1.82, 2.24) is 0 Å². The Kier molecular flexibility index (Phi) is 6.84. The minimum absolute atomic E-state index is 0.219. The van der Waals surface area contributed by atoms with Crippen molar-refractivity contribution in [1.29, 1.82) is 0 Å². The minimum atomic E-state index is -3.04. The van der Waals surface area contributed by atoms with Crippen molar-refractivity contribution < 1.29 is 13.2 Å². The highest BCUT2D eigenvalue weighted by Crippen LogP contribution is 2.25. The number of carbonyl (C=O) groups is 1. The lowest BCUT2D eigenvalue weighted by atomic mass is 9.86. The Morgan fingerprint density at radius 3 is 2.48 bits per heavy atom. The van der Waals surface area contributed by atoms with Gasteiger partial charge in [0.05, 0.1) is 10.5 Å². The Morgan fingerprint density at radius 2 is 1.76 bits per heavy atom. The van der Waals surface area contributed by atoms with Crippen molar-refractivity contribution in [2.75, 3.05) is 5.75 Å². The van der Waals surface area contributed by atoms with Crippen LogP contribution < -0.4 is 0 Å². The zero-order chi connectivity index (χ0) is 18.5. The van der Waals surface area contributed by atoms with Gasteiger partial charge in [0, 0.05) is 12.8 Å². The highest BCUT2D eigenvalue weighted by Gasteiger charge is 2.27. The van der Waals surface area contributed by atoms with Crippen LogP contribution in [-0.4, -0.2) is 24.7 Å². The van der Waals surface area contributed by atoms with Crippen LogP contribution >= 0.6 is 0 Å². The van der Waals surface area contributed by atoms with Gasteiger partial charge in [-0.2, -0.15) is 0 Å². The average molecular weight is 365 g/mol. The Hall–Kier alpha value is -1.16. The van der Waals surface area contributed by atoms with Gasteiger partial charge < -0.3 is 0 Å². The highest BCUT2D eigenvalue weighted by molar-refractivity contribution is 7.92. The van der Waals surface area contributed by atoms with Gasteiger partial charge in [0.15, 0.2) is 9.84 Å². The van der Waals surface area contributed by atoms with E-state index >= 15 is 0 Å². The van der Waals surface area contributed by atoms with Crippen LogP contribution in [0.5, 0.6) is 0 Å². The normalized spacial score (nSPS) is 15.0. The second-order valence-corrected chi connectivity index (χ2v) is 11.1. The van der Waals surface area contributed by atoms with Crippen LogP contribution in [0.1, 0.15) is 76.0 Å². The molecule has 140 valence electrons. The second kappa shape index (κ2) is 8.48. The largest absolute Gasteiger partial charge is 0.299 e. The maximum atomic E-state index is 12.3. The Bertz CT molecular complexity index is 696. The molecule has 0 saturated heterocycles. The summed E-state index contributed by atoms with van der Waals surface area (Å²) in [6.07, 6.45) is 8.03. The predicted octanol–water partition coefficient (Wildman–Crippen LogP) is 4.45. The number of fused-ring (bicyclic) bond motifs is 1. The third-order valence-corrected chi connectivity index (χ3v) is 7.87.